The van der Waals surface area contributed by atoms with Gasteiger partial charge in [0.2, 0.25) is 5.91 Å². The van der Waals surface area contributed by atoms with E-state index in [2.05, 4.69) is 15.9 Å². The average Bonchev–Trinajstić information content (AvgIpc) is 2.55. The number of halogens is 2. The highest BCUT2D eigenvalue weighted by Gasteiger charge is 2.40. The molecule has 2 aliphatic heterocycles. The predicted octanol–water partition coefficient (Wildman–Crippen LogP) is 2.28. The summed E-state index contributed by atoms with van der Waals surface area (Å²) in [5, 5.41) is 0. The number of carbonyl (C=O) groups excluding carboxylic acids is 1. The zero-order valence-corrected chi connectivity index (χ0v) is 15.3. The van der Waals surface area contributed by atoms with Gasteiger partial charge in [0.1, 0.15) is 6.10 Å². The van der Waals surface area contributed by atoms with E-state index in [-0.39, 0.29) is 24.4 Å². The molecule has 2 heterocycles. The summed E-state index contributed by atoms with van der Waals surface area (Å²) < 4.78 is 12.2. The summed E-state index contributed by atoms with van der Waals surface area (Å²) >= 11 is 3.47. The van der Waals surface area contributed by atoms with Crippen LogP contribution in [0.3, 0.4) is 0 Å². The van der Waals surface area contributed by atoms with Crippen LogP contribution < -0.4 is 5.73 Å². The highest BCUT2D eigenvalue weighted by Crippen LogP contribution is 2.27. The van der Waals surface area contributed by atoms with Crippen molar-refractivity contribution in [3.05, 3.63) is 34.3 Å². The van der Waals surface area contributed by atoms with Crippen LogP contribution in [0.1, 0.15) is 24.5 Å². The third kappa shape index (κ3) is 4.25. The summed E-state index contributed by atoms with van der Waals surface area (Å²) in [6.07, 6.45) is 1.08. The highest BCUT2D eigenvalue weighted by molar-refractivity contribution is 9.10. The zero-order valence-electron chi connectivity index (χ0n) is 12.9. The number of benzene rings is 1. The molecule has 0 radical (unpaired) electrons. The first kappa shape index (κ1) is 18.7. The summed E-state index contributed by atoms with van der Waals surface area (Å²) in [6, 6.07) is 8.01. The van der Waals surface area contributed by atoms with Crippen molar-refractivity contribution in [1.29, 1.82) is 0 Å². The van der Waals surface area contributed by atoms with Gasteiger partial charge < -0.3 is 20.1 Å². The standard InChI is InChI=1S/C16H21BrN2O3.ClH/c17-13-3-1-2-12(10-13)14-11-19(6-9-22-14)15(20)16(18)4-7-21-8-5-16;/h1-3,10,14H,4-9,11,18H2;1H. The van der Waals surface area contributed by atoms with Gasteiger partial charge in [-0.25, -0.2) is 0 Å². The fraction of sp³-hybridized carbons (Fsp3) is 0.562. The molecule has 2 fully saturated rings. The van der Waals surface area contributed by atoms with E-state index in [4.69, 9.17) is 15.2 Å². The second kappa shape index (κ2) is 7.94. The van der Waals surface area contributed by atoms with Crippen molar-refractivity contribution in [1.82, 2.24) is 4.90 Å². The summed E-state index contributed by atoms with van der Waals surface area (Å²) in [4.78, 5) is 14.6. The van der Waals surface area contributed by atoms with Crippen LogP contribution in [0.25, 0.3) is 0 Å². The van der Waals surface area contributed by atoms with Gasteiger partial charge in [0.25, 0.3) is 0 Å². The Morgan fingerprint density at radius 3 is 2.74 bits per heavy atom. The first-order valence-corrected chi connectivity index (χ1v) is 8.41. The molecule has 23 heavy (non-hydrogen) atoms. The molecule has 0 aromatic heterocycles. The molecule has 1 aromatic rings. The molecule has 7 heteroatoms. The van der Waals surface area contributed by atoms with Crippen LogP contribution in [0.5, 0.6) is 0 Å². The summed E-state index contributed by atoms with van der Waals surface area (Å²) in [7, 11) is 0. The lowest BCUT2D eigenvalue weighted by Gasteiger charge is -2.40. The van der Waals surface area contributed by atoms with E-state index in [1.807, 2.05) is 29.2 Å². The molecule has 0 aliphatic carbocycles. The first-order chi connectivity index (χ1) is 10.6. The zero-order chi connectivity index (χ0) is 15.6. The summed E-state index contributed by atoms with van der Waals surface area (Å²) in [5.74, 6) is 0.0269. The van der Waals surface area contributed by atoms with Crippen molar-refractivity contribution in [2.45, 2.75) is 24.5 Å². The van der Waals surface area contributed by atoms with Crippen molar-refractivity contribution in [3.8, 4) is 0 Å². The fourth-order valence-corrected chi connectivity index (χ4v) is 3.42. The van der Waals surface area contributed by atoms with Gasteiger partial charge in [-0.3, -0.25) is 4.79 Å². The Bertz CT molecular complexity index is 552. The molecule has 1 amide bonds. The van der Waals surface area contributed by atoms with E-state index in [9.17, 15) is 4.79 Å². The smallest absolute Gasteiger partial charge is 0.243 e. The van der Waals surface area contributed by atoms with Gasteiger partial charge in [0.15, 0.2) is 0 Å². The second-order valence-electron chi connectivity index (χ2n) is 5.93. The number of nitrogens with zero attached hydrogens (tertiary/aromatic N) is 1. The largest absolute Gasteiger partial charge is 0.381 e. The van der Waals surface area contributed by atoms with Gasteiger partial charge in [0, 0.05) is 24.2 Å². The minimum atomic E-state index is -0.780. The number of ether oxygens (including phenoxy) is 2. The SMILES string of the molecule is Cl.NC1(C(=O)N2CCOC(c3cccc(Br)c3)C2)CCOCC1. The molecule has 0 spiro atoms. The van der Waals surface area contributed by atoms with Gasteiger partial charge in [0.05, 0.1) is 18.7 Å². The number of morpholine rings is 1. The lowest BCUT2D eigenvalue weighted by molar-refractivity contribution is -0.148. The van der Waals surface area contributed by atoms with Crippen molar-refractivity contribution < 1.29 is 14.3 Å². The number of hydrogen-bond acceptors (Lipinski definition) is 4. The average molecular weight is 406 g/mol. The van der Waals surface area contributed by atoms with Crippen LogP contribution in [0, 0.1) is 0 Å². The Balaban J connectivity index is 0.00000192. The maximum absolute atomic E-state index is 12.8. The van der Waals surface area contributed by atoms with Crippen LogP contribution >= 0.6 is 28.3 Å². The Hall–Kier alpha value is -0.660. The van der Waals surface area contributed by atoms with Crippen molar-refractivity contribution in [2.24, 2.45) is 5.73 Å². The van der Waals surface area contributed by atoms with E-state index in [1.165, 1.54) is 0 Å². The number of nitrogens with two attached hydrogens (primary N) is 1. The molecule has 1 atom stereocenters. The molecule has 1 aromatic carbocycles. The molecule has 2 saturated heterocycles. The number of hydrogen-bond donors (Lipinski definition) is 1. The van der Waals surface area contributed by atoms with E-state index >= 15 is 0 Å². The fourth-order valence-electron chi connectivity index (χ4n) is 3.01. The van der Waals surface area contributed by atoms with Gasteiger partial charge in [-0.1, -0.05) is 28.1 Å². The predicted molar refractivity (Wildman–Crippen MR) is 93.6 cm³/mol. The second-order valence-corrected chi connectivity index (χ2v) is 6.85. The minimum Gasteiger partial charge on any atom is -0.381 e. The minimum absolute atomic E-state index is 0. The number of carbonyl (C=O) groups is 1. The van der Waals surface area contributed by atoms with E-state index < -0.39 is 5.54 Å². The number of amides is 1. The van der Waals surface area contributed by atoms with Gasteiger partial charge in [-0.05, 0) is 30.5 Å². The summed E-state index contributed by atoms with van der Waals surface area (Å²) in [6.45, 7) is 2.80. The molecule has 0 saturated carbocycles. The highest BCUT2D eigenvalue weighted by atomic mass is 79.9. The Morgan fingerprint density at radius 2 is 2.04 bits per heavy atom. The molecule has 128 valence electrons. The van der Waals surface area contributed by atoms with Crippen LogP contribution in [0.2, 0.25) is 0 Å². The van der Waals surface area contributed by atoms with Crippen molar-refractivity contribution in [3.63, 3.8) is 0 Å². The molecule has 0 bridgehead atoms. The van der Waals surface area contributed by atoms with Crippen LogP contribution in [-0.4, -0.2) is 49.3 Å². The third-order valence-corrected chi connectivity index (χ3v) is 4.88. The molecule has 5 nitrogen and oxygen atoms in total. The lowest BCUT2D eigenvalue weighted by Crippen LogP contribution is -2.60. The Kier molecular flexibility index (Phi) is 6.45. The van der Waals surface area contributed by atoms with E-state index in [0.717, 1.165) is 10.0 Å². The van der Waals surface area contributed by atoms with Gasteiger partial charge in [-0.15, -0.1) is 12.4 Å². The maximum Gasteiger partial charge on any atom is 0.243 e. The molecular formula is C16H22BrClN2O3. The molecule has 3 rings (SSSR count). The molecule has 2 aliphatic rings. The van der Waals surface area contributed by atoms with Crippen LogP contribution in [-0.2, 0) is 14.3 Å². The van der Waals surface area contributed by atoms with Crippen molar-refractivity contribution >= 4 is 34.2 Å². The third-order valence-electron chi connectivity index (χ3n) is 4.39. The number of rotatable bonds is 2. The van der Waals surface area contributed by atoms with E-state index in [1.54, 1.807) is 0 Å². The van der Waals surface area contributed by atoms with E-state index in [0.29, 0.717) is 45.8 Å². The maximum atomic E-state index is 12.8. The topological polar surface area (TPSA) is 64.8 Å². The van der Waals surface area contributed by atoms with Gasteiger partial charge in [-0.2, -0.15) is 0 Å². The normalized spacial score (nSPS) is 23.9. The molecule has 2 N–H and O–H groups in total. The van der Waals surface area contributed by atoms with Crippen LogP contribution in [0.4, 0.5) is 0 Å². The summed E-state index contributed by atoms with van der Waals surface area (Å²) in [5.41, 5.74) is 6.62. The molecular weight excluding hydrogens is 384 g/mol. The van der Waals surface area contributed by atoms with Crippen molar-refractivity contribution in [2.75, 3.05) is 32.9 Å². The first-order valence-electron chi connectivity index (χ1n) is 7.61. The quantitative estimate of drug-likeness (QED) is 0.820. The monoisotopic (exact) mass is 404 g/mol. The van der Waals surface area contributed by atoms with Crippen LogP contribution in [0.15, 0.2) is 28.7 Å². The molecule has 1 unspecified atom stereocenters. The Morgan fingerprint density at radius 1 is 1.30 bits per heavy atom. The Labute approximate surface area is 151 Å². The lowest BCUT2D eigenvalue weighted by atomic mass is 9.89. The van der Waals surface area contributed by atoms with Gasteiger partial charge >= 0.3 is 0 Å².